The van der Waals surface area contributed by atoms with Crippen LogP contribution in [0.3, 0.4) is 0 Å². The number of carbonyl (C=O) groups excluding carboxylic acids is 2. The number of hydrogen-bond donors (Lipinski definition) is 1. The maximum Gasteiger partial charge on any atom is 0.356 e. The average molecular weight is 346 g/mol. The highest BCUT2D eigenvalue weighted by Crippen LogP contribution is 2.25. The van der Waals surface area contributed by atoms with Crippen molar-refractivity contribution in [2.45, 2.75) is 32.4 Å². The zero-order valence-electron chi connectivity index (χ0n) is 13.8. The first-order chi connectivity index (χ1) is 12.1. The second-order valence-corrected chi connectivity index (χ2v) is 6.10. The Labute approximate surface area is 142 Å². The molecule has 2 aromatic rings. The highest BCUT2D eigenvalue weighted by Gasteiger charge is 2.37. The Hall–Kier alpha value is -2.68. The summed E-state index contributed by atoms with van der Waals surface area (Å²) in [6.07, 6.45) is 1.51. The van der Waals surface area contributed by atoms with Gasteiger partial charge in [0.2, 0.25) is 0 Å². The zero-order chi connectivity index (χ0) is 17.6. The molecule has 0 spiro atoms. The molecule has 4 rings (SSSR count). The maximum absolute atomic E-state index is 12.7. The number of esters is 1. The number of carbonyl (C=O) groups is 2. The van der Waals surface area contributed by atoms with E-state index >= 15 is 0 Å². The Morgan fingerprint density at radius 2 is 2.16 bits per heavy atom. The number of hydrogen-bond acceptors (Lipinski definition) is 6. The predicted octanol–water partition coefficient (Wildman–Crippen LogP) is 0.334. The van der Waals surface area contributed by atoms with Crippen molar-refractivity contribution >= 4 is 17.5 Å². The minimum absolute atomic E-state index is 0.0632. The molecule has 2 aromatic heterocycles. The zero-order valence-corrected chi connectivity index (χ0v) is 13.8. The summed E-state index contributed by atoms with van der Waals surface area (Å²) in [5.41, 5.74) is 0.522. The van der Waals surface area contributed by atoms with Gasteiger partial charge in [0, 0.05) is 25.3 Å². The molecule has 1 saturated heterocycles. The Kier molecular flexibility index (Phi) is 3.79. The van der Waals surface area contributed by atoms with Crippen LogP contribution in [0.15, 0.2) is 10.9 Å². The molecule has 4 heterocycles. The van der Waals surface area contributed by atoms with E-state index in [0.717, 1.165) is 12.8 Å². The van der Waals surface area contributed by atoms with E-state index in [1.54, 1.807) is 11.8 Å². The van der Waals surface area contributed by atoms with Crippen molar-refractivity contribution in [3.05, 3.63) is 33.4 Å². The van der Waals surface area contributed by atoms with E-state index in [4.69, 9.17) is 9.47 Å². The Morgan fingerprint density at radius 1 is 1.40 bits per heavy atom. The lowest BCUT2D eigenvalue weighted by Crippen LogP contribution is -2.39. The van der Waals surface area contributed by atoms with Crippen molar-refractivity contribution in [3.63, 3.8) is 0 Å². The van der Waals surface area contributed by atoms with Crippen LogP contribution in [-0.4, -0.2) is 57.2 Å². The van der Waals surface area contributed by atoms with Gasteiger partial charge in [0.15, 0.2) is 5.65 Å². The van der Waals surface area contributed by atoms with Gasteiger partial charge >= 0.3 is 5.97 Å². The van der Waals surface area contributed by atoms with Crippen molar-refractivity contribution in [1.29, 1.82) is 0 Å². The molecule has 0 aliphatic carbocycles. The molecule has 0 bridgehead atoms. The van der Waals surface area contributed by atoms with E-state index in [1.165, 1.54) is 10.6 Å². The molecule has 1 fully saturated rings. The van der Waals surface area contributed by atoms with Gasteiger partial charge in [-0.3, -0.25) is 14.7 Å². The van der Waals surface area contributed by atoms with Crippen LogP contribution in [0.2, 0.25) is 0 Å². The van der Waals surface area contributed by atoms with Gasteiger partial charge in [-0.2, -0.15) is 0 Å². The average Bonchev–Trinajstić information content (AvgIpc) is 3.19. The summed E-state index contributed by atoms with van der Waals surface area (Å²) in [6, 6.07) is 1.48. The second-order valence-electron chi connectivity index (χ2n) is 6.10. The standard InChI is InChI=1S/C16H18N4O5/c1-2-25-16(23)11-7-12-17-13-10(14(21)20(12)18-11)8-19(15(13)22)9-3-5-24-6-4-9/h7,9,18H,2-6,8H2,1H3. The quantitative estimate of drug-likeness (QED) is 0.803. The third-order valence-electron chi connectivity index (χ3n) is 4.63. The number of amides is 1. The molecule has 132 valence electrons. The molecule has 9 heteroatoms. The van der Waals surface area contributed by atoms with Crippen LogP contribution in [0.5, 0.6) is 0 Å². The van der Waals surface area contributed by atoms with Crippen LogP contribution in [0.4, 0.5) is 0 Å². The summed E-state index contributed by atoms with van der Waals surface area (Å²) in [5.74, 6) is -0.803. The predicted molar refractivity (Wildman–Crippen MR) is 85.5 cm³/mol. The van der Waals surface area contributed by atoms with E-state index in [9.17, 15) is 14.4 Å². The molecular formula is C16H18N4O5. The minimum Gasteiger partial charge on any atom is -0.461 e. The van der Waals surface area contributed by atoms with Gasteiger partial charge in [-0.1, -0.05) is 0 Å². The molecule has 1 amide bonds. The SMILES string of the molecule is CCOC(=O)c1cc2nc3c(c(=O)n2[nH]1)CN(C1CCOCC1)C3=O. The minimum atomic E-state index is -0.567. The van der Waals surface area contributed by atoms with Gasteiger partial charge in [0.05, 0.1) is 18.7 Å². The molecule has 0 atom stereocenters. The number of nitrogens with one attached hydrogen (secondary N) is 1. The summed E-state index contributed by atoms with van der Waals surface area (Å²) >= 11 is 0. The molecule has 2 aliphatic heterocycles. The number of rotatable bonds is 3. The van der Waals surface area contributed by atoms with Gasteiger partial charge in [0.25, 0.3) is 11.5 Å². The monoisotopic (exact) mass is 346 g/mol. The van der Waals surface area contributed by atoms with Gasteiger partial charge in [-0.25, -0.2) is 14.3 Å². The second kappa shape index (κ2) is 5.99. The lowest BCUT2D eigenvalue weighted by atomic mass is 10.1. The topological polar surface area (TPSA) is 106 Å². The normalized spacial score (nSPS) is 18.0. The summed E-state index contributed by atoms with van der Waals surface area (Å²) in [5, 5.41) is 2.70. The van der Waals surface area contributed by atoms with Crippen LogP contribution in [0, 0.1) is 0 Å². The summed E-state index contributed by atoms with van der Waals surface area (Å²) in [7, 11) is 0. The third-order valence-corrected chi connectivity index (χ3v) is 4.63. The maximum atomic E-state index is 12.7. The molecule has 0 aromatic carbocycles. The summed E-state index contributed by atoms with van der Waals surface area (Å²) < 4.78 is 11.4. The lowest BCUT2D eigenvalue weighted by Gasteiger charge is -2.30. The van der Waals surface area contributed by atoms with Gasteiger partial charge in [0.1, 0.15) is 11.4 Å². The summed E-state index contributed by atoms with van der Waals surface area (Å²) in [6.45, 7) is 3.39. The van der Waals surface area contributed by atoms with Crippen molar-refractivity contribution in [2.24, 2.45) is 0 Å². The Balaban J connectivity index is 1.72. The molecular weight excluding hydrogens is 328 g/mol. The smallest absolute Gasteiger partial charge is 0.356 e. The molecule has 0 saturated carbocycles. The first-order valence-electron chi connectivity index (χ1n) is 8.30. The number of ether oxygens (including phenoxy) is 2. The van der Waals surface area contributed by atoms with Crippen LogP contribution >= 0.6 is 0 Å². The van der Waals surface area contributed by atoms with Crippen LogP contribution in [0.25, 0.3) is 5.65 Å². The van der Waals surface area contributed by atoms with Crippen molar-refractivity contribution in [2.75, 3.05) is 19.8 Å². The van der Waals surface area contributed by atoms with Gasteiger partial charge in [-0.05, 0) is 19.8 Å². The summed E-state index contributed by atoms with van der Waals surface area (Å²) in [4.78, 5) is 43.3. The lowest BCUT2D eigenvalue weighted by molar-refractivity contribution is 0.0301. The van der Waals surface area contributed by atoms with Crippen molar-refractivity contribution in [3.8, 4) is 0 Å². The fourth-order valence-corrected chi connectivity index (χ4v) is 3.36. The van der Waals surface area contributed by atoms with E-state index in [-0.39, 0.29) is 47.7 Å². The number of aromatic amines is 1. The first-order valence-corrected chi connectivity index (χ1v) is 8.30. The van der Waals surface area contributed by atoms with Crippen LogP contribution in [0.1, 0.15) is 46.3 Å². The van der Waals surface area contributed by atoms with E-state index in [1.807, 2.05) is 0 Å². The van der Waals surface area contributed by atoms with Crippen molar-refractivity contribution in [1.82, 2.24) is 19.5 Å². The van der Waals surface area contributed by atoms with Crippen LogP contribution in [-0.2, 0) is 16.0 Å². The third kappa shape index (κ3) is 2.51. The van der Waals surface area contributed by atoms with E-state index in [0.29, 0.717) is 18.8 Å². The number of aromatic nitrogens is 3. The van der Waals surface area contributed by atoms with Crippen LogP contribution < -0.4 is 5.56 Å². The molecule has 25 heavy (non-hydrogen) atoms. The molecule has 9 nitrogen and oxygen atoms in total. The highest BCUT2D eigenvalue weighted by atomic mass is 16.5. The number of nitrogens with zero attached hydrogens (tertiary/aromatic N) is 3. The largest absolute Gasteiger partial charge is 0.461 e. The molecule has 0 radical (unpaired) electrons. The first kappa shape index (κ1) is 15.8. The molecule has 1 N–H and O–H groups in total. The number of H-pyrrole nitrogens is 1. The fraction of sp³-hybridized carbons (Fsp3) is 0.500. The Bertz CT molecular complexity index is 909. The van der Waals surface area contributed by atoms with E-state index < -0.39 is 5.97 Å². The van der Waals surface area contributed by atoms with Crippen molar-refractivity contribution < 1.29 is 19.1 Å². The van der Waals surface area contributed by atoms with Gasteiger partial charge in [-0.15, -0.1) is 0 Å². The van der Waals surface area contributed by atoms with Gasteiger partial charge < -0.3 is 14.4 Å². The Morgan fingerprint density at radius 3 is 2.88 bits per heavy atom. The fourth-order valence-electron chi connectivity index (χ4n) is 3.36. The van der Waals surface area contributed by atoms with E-state index in [2.05, 4.69) is 10.1 Å². The number of fused-ring (bicyclic) bond motifs is 2. The molecule has 2 aliphatic rings. The molecule has 0 unspecified atom stereocenters. The highest BCUT2D eigenvalue weighted by molar-refractivity contribution is 5.97.